The van der Waals surface area contributed by atoms with E-state index in [0.717, 1.165) is 9.13 Å². The number of aryl methyl sites for hydroxylation is 1. The van der Waals surface area contributed by atoms with Crippen molar-refractivity contribution in [2.24, 2.45) is 0 Å². The van der Waals surface area contributed by atoms with E-state index in [1.165, 1.54) is 0 Å². The van der Waals surface area contributed by atoms with Crippen LogP contribution in [0, 0.1) is 10.5 Å². The minimum absolute atomic E-state index is 0.182. The monoisotopic (exact) mass is 460 g/mol. The predicted octanol–water partition coefficient (Wildman–Crippen LogP) is 4.37. The second kappa shape index (κ2) is 8.18. The van der Waals surface area contributed by atoms with Crippen molar-refractivity contribution in [1.29, 1.82) is 0 Å². The van der Waals surface area contributed by atoms with Crippen molar-refractivity contribution in [1.82, 2.24) is 5.32 Å². The second-order valence-corrected chi connectivity index (χ2v) is 6.92. The quantitative estimate of drug-likeness (QED) is 0.556. The summed E-state index contributed by atoms with van der Waals surface area (Å²) in [4.78, 5) is 24.4. The fraction of sp³-hybridized carbons (Fsp3) is 0.100. The zero-order valence-corrected chi connectivity index (χ0v) is 16.2. The van der Waals surface area contributed by atoms with Gasteiger partial charge < -0.3 is 15.1 Å². The van der Waals surface area contributed by atoms with Crippen LogP contribution in [0.4, 0.5) is 5.69 Å². The molecule has 2 N–H and O–H groups in total. The molecule has 0 aliphatic carbocycles. The molecule has 2 aromatic carbocycles. The van der Waals surface area contributed by atoms with Crippen molar-refractivity contribution in [3.63, 3.8) is 0 Å². The molecule has 6 heteroatoms. The number of nitrogens with one attached hydrogen (secondary N) is 2. The van der Waals surface area contributed by atoms with E-state index in [1.54, 1.807) is 48.7 Å². The minimum atomic E-state index is -0.202. The van der Waals surface area contributed by atoms with E-state index in [0.29, 0.717) is 29.1 Å². The van der Waals surface area contributed by atoms with E-state index in [9.17, 15) is 9.59 Å². The first kappa shape index (κ1) is 18.2. The van der Waals surface area contributed by atoms with E-state index in [-0.39, 0.29) is 11.8 Å². The molecular formula is C20H17IN2O3. The summed E-state index contributed by atoms with van der Waals surface area (Å²) in [6.45, 7) is 2.33. The fourth-order valence-electron chi connectivity index (χ4n) is 2.32. The molecule has 0 saturated heterocycles. The smallest absolute Gasteiger partial charge is 0.255 e. The van der Waals surface area contributed by atoms with Crippen LogP contribution in [0.2, 0.25) is 0 Å². The summed E-state index contributed by atoms with van der Waals surface area (Å²) in [5.41, 5.74) is 2.87. The average Bonchev–Trinajstić information content (AvgIpc) is 3.16. The topological polar surface area (TPSA) is 71.3 Å². The predicted molar refractivity (Wildman–Crippen MR) is 108 cm³/mol. The van der Waals surface area contributed by atoms with Crippen LogP contribution in [0.15, 0.2) is 65.3 Å². The maximum atomic E-state index is 12.3. The normalized spacial score (nSPS) is 10.4. The molecule has 3 rings (SSSR count). The first-order chi connectivity index (χ1) is 12.5. The van der Waals surface area contributed by atoms with E-state index in [4.69, 9.17) is 4.42 Å². The highest BCUT2D eigenvalue weighted by atomic mass is 127. The molecule has 1 heterocycles. The van der Waals surface area contributed by atoms with Gasteiger partial charge in [0.25, 0.3) is 11.8 Å². The van der Waals surface area contributed by atoms with Crippen LogP contribution in [0.5, 0.6) is 0 Å². The lowest BCUT2D eigenvalue weighted by Gasteiger charge is -2.08. The van der Waals surface area contributed by atoms with Crippen LogP contribution in [0.1, 0.15) is 32.0 Å². The average molecular weight is 460 g/mol. The van der Waals surface area contributed by atoms with E-state index in [1.807, 2.05) is 19.1 Å². The van der Waals surface area contributed by atoms with Crippen molar-refractivity contribution >= 4 is 40.1 Å². The van der Waals surface area contributed by atoms with E-state index >= 15 is 0 Å². The molecule has 5 nitrogen and oxygen atoms in total. The van der Waals surface area contributed by atoms with Gasteiger partial charge in [0, 0.05) is 20.4 Å². The number of anilines is 1. The summed E-state index contributed by atoms with van der Waals surface area (Å²) >= 11 is 2.21. The van der Waals surface area contributed by atoms with Gasteiger partial charge in [0.15, 0.2) is 0 Å². The first-order valence-electron chi connectivity index (χ1n) is 8.01. The molecule has 0 aliphatic rings. The standard InChI is InChI=1S/C20H17IN2O3/c1-13-4-5-15(11-18(13)21)20(25)23-16-8-6-14(7-9-16)19(24)22-12-17-3-2-10-26-17/h2-11H,12H2,1H3,(H,22,24)(H,23,25). The molecular weight excluding hydrogens is 443 g/mol. The Labute approximate surface area is 164 Å². The maximum Gasteiger partial charge on any atom is 0.255 e. The third-order valence-corrected chi connectivity index (χ3v) is 5.00. The van der Waals surface area contributed by atoms with Gasteiger partial charge >= 0.3 is 0 Å². The lowest BCUT2D eigenvalue weighted by atomic mass is 10.1. The lowest BCUT2D eigenvalue weighted by molar-refractivity contribution is 0.0947. The summed E-state index contributed by atoms with van der Waals surface area (Å²) in [5, 5.41) is 5.61. The molecule has 0 spiro atoms. The summed E-state index contributed by atoms with van der Waals surface area (Å²) < 4.78 is 6.22. The molecule has 0 bridgehead atoms. The van der Waals surface area contributed by atoms with Crippen LogP contribution in [0.3, 0.4) is 0 Å². The number of furan rings is 1. The Morgan fingerprint density at radius 3 is 2.38 bits per heavy atom. The lowest BCUT2D eigenvalue weighted by Crippen LogP contribution is -2.22. The highest BCUT2D eigenvalue weighted by molar-refractivity contribution is 14.1. The Bertz CT molecular complexity index is 919. The Balaban J connectivity index is 1.60. The van der Waals surface area contributed by atoms with Crippen LogP contribution < -0.4 is 10.6 Å². The zero-order chi connectivity index (χ0) is 18.5. The molecule has 0 saturated carbocycles. The Kier molecular flexibility index (Phi) is 5.72. The third-order valence-electron chi connectivity index (χ3n) is 3.84. The zero-order valence-electron chi connectivity index (χ0n) is 14.1. The summed E-state index contributed by atoms with van der Waals surface area (Å²) in [6, 6.07) is 15.9. The number of halogens is 1. The fourth-order valence-corrected chi connectivity index (χ4v) is 2.84. The van der Waals surface area contributed by atoms with Gasteiger partial charge in [-0.25, -0.2) is 0 Å². The van der Waals surface area contributed by atoms with Crippen molar-refractivity contribution in [2.45, 2.75) is 13.5 Å². The number of amides is 2. The largest absolute Gasteiger partial charge is 0.467 e. The van der Waals surface area contributed by atoms with Gasteiger partial charge in [-0.15, -0.1) is 0 Å². The Morgan fingerprint density at radius 2 is 1.73 bits per heavy atom. The number of hydrogen-bond donors (Lipinski definition) is 2. The summed E-state index contributed by atoms with van der Waals surface area (Å²) in [7, 11) is 0. The SMILES string of the molecule is Cc1ccc(C(=O)Nc2ccc(C(=O)NCc3ccco3)cc2)cc1I. The van der Waals surface area contributed by atoms with Crippen LogP contribution in [-0.2, 0) is 6.54 Å². The maximum absolute atomic E-state index is 12.3. The van der Waals surface area contributed by atoms with Crippen molar-refractivity contribution in [2.75, 3.05) is 5.32 Å². The molecule has 0 radical (unpaired) electrons. The molecule has 0 fully saturated rings. The van der Waals surface area contributed by atoms with Crippen LogP contribution in [0.25, 0.3) is 0 Å². The van der Waals surface area contributed by atoms with Gasteiger partial charge in [0.2, 0.25) is 0 Å². The van der Waals surface area contributed by atoms with E-state index < -0.39 is 0 Å². The molecule has 26 heavy (non-hydrogen) atoms. The number of benzene rings is 2. The molecule has 132 valence electrons. The van der Waals surface area contributed by atoms with Crippen LogP contribution >= 0.6 is 22.6 Å². The van der Waals surface area contributed by atoms with Crippen molar-refractivity contribution in [3.8, 4) is 0 Å². The number of rotatable bonds is 5. The van der Waals surface area contributed by atoms with Gasteiger partial charge in [0.1, 0.15) is 5.76 Å². The summed E-state index contributed by atoms with van der Waals surface area (Å²) in [6.07, 6.45) is 1.56. The molecule has 3 aromatic rings. The van der Waals surface area contributed by atoms with Crippen molar-refractivity contribution < 1.29 is 14.0 Å². The Hall–Kier alpha value is -2.61. The van der Waals surface area contributed by atoms with Gasteiger partial charge in [-0.1, -0.05) is 6.07 Å². The molecule has 1 aromatic heterocycles. The van der Waals surface area contributed by atoms with Crippen molar-refractivity contribution in [3.05, 3.63) is 86.9 Å². The minimum Gasteiger partial charge on any atom is -0.467 e. The van der Waals surface area contributed by atoms with Gasteiger partial charge in [-0.2, -0.15) is 0 Å². The third kappa shape index (κ3) is 4.51. The van der Waals surface area contributed by atoms with Gasteiger partial charge in [-0.05, 0) is 83.6 Å². The van der Waals surface area contributed by atoms with Gasteiger partial charge in [-0.3, -0.25) is 9.59 Å². The first-order valence-corrected chi connectivity index (χ1v) is 9.09. The molecule has 0 atom stereocenters. The van der Waals surface area contributed by atoms with Gasteiger partial charge in [0.05, 0.1) is 12.8 Å². The van der Waals surface area contributed by atoms with E-state index in [2.05, 4.69) is 33.2 Å². The Morgan fingerprint density at radius 1 is 1.00 bits per heavy atom. The number of carbonyl (C=O) groups excluding carboxylic acids is 2. The molecule has 0 unspecified atom stereocenters. The highest BCUT2D eigenvalue weighted by Gasteiger charge is 2.09. The summed E-state index contributed by atoms with van der Waals surface area (Å²) in [5.74, 6) is 0.306. The highest BCUT2D eigenvalue weighted by Crippen LogP contribution is 2.16. The molecule has 2 amide bonds. The second-order valence-electron chi connectivity index (χ2n) is 5.76. The number of carbonyl (C=O) groups is 2. The number of hydrogen-bond acceptors (Lipinski definition) is 3. The van der Waals surface area contributed by atoms with Crippen LogP contribution in [-0.4, -0.2) is 11.8 Å². The molecule has 0 aliphatic heterocycles.